The van der Waals surface area contributed by atoms with E-state index in [1.807, 2.05) is 30.3 Å². The number of allylic oxidation sites excluding steroid dienone is 2. The molecule has 0 heterocycles. The molecule has 0 spiro atoms. The van der Waals surface area contributed by atoms with E-state index >= 15 is 0 Å². The van der Waals surface area contributed by atoms with E-state index in [0.717, 1.165) is 18.4 Å². The normalized spacial score (nSPS) is 22.6. The predicted octanol–water partition coefficient (Wildman–Crippen LogP) is 3.85. The van der Waals surface area contributed by atoms with Gasteiger partial charge in [-0.2, -0.15) is 0 Å². The van der Waals surface area contributed by atoms with E-state index in [1.165, 1.54) is 6.08 Å². The number of ether oxygens (including phenoxy) is 1. The number of hydrogen-bond acceptors (Lipinski definition) is 2. The van der Waals surface area contributed by atoms with Crippen LogP contribution in [0.15, 0.2) is 48.6 Å². The van der Waals surface area contributed by atoms with E-state index in [0.29, 0.717) is 18.4 Å². The standard InChI is InChI=1S/C17H20O2/c1-14-6-5-9-16(12-14)13-19-17(18)11-10-15-7-3-2-4-8-15/h2-8,10-11,14,16H,9,12-13H2,1H3/b11-10+. The first-order chi connectivity index (χ1) is 9.24. The maximum absolute atomic E-state index is 11.6. The molecular weight excluding hydrogens is 236 g/mol. The molecule has 0 aliphatic heterocycles. The van der Waals surface area contributed by atoms with Crippen molar-refractivity contribution in [1.29, 1.82) is 0 Å². The highest BCUT2D eigenvalue weighted by Crippen LogP contribution is 2.23. The van der Waals surface area contributed by atoms with Gasteiger partial charge in [0, 0.05) is 6.08 Å². The molecule has 0 aromatic heterocycles. The van der Waals surface area contributed by atoms with Crippen LogP contribution in [0.5, 0.6) is 0 Å². The Hall–Kier alpha value is -1.83. The second-order valence-electron chi connectivity index (χ2n) is 5.12. The van der Waals surface area contributed by atoms with Gasteiger partial charge >= 0.3 is 5.97 Å². The molecule has 100 valence electrons. The summed E-state index contributed by atoms with van der Waals surface area (Å²) in [5, 5.41) is 0. The van der Waals surface area contributed by atoms with Crippen LogP contribution in [-0.4, -0.2) is 12.6 Å². The van der Waals surface area contributed by atoms with Crippen molar-refractivity contribution in [1.82, 2.24) is 0 Å². The summed E-state index contributed by atoms with van der Waals surface area (Å²) in [5.41, 5.74) is 1.01. The fourth-order valence-corrected chi connectivity index (χ4v) is 2.32. The first-order valence-electron chi connectivity index (χ1n) is 6.80. The number of carbonyl (C=O) groups excluding carboxylic acids is 1. The molecule has 2 rings (SSSR count). The minimum atomic E-state index is -0.258. The van der Waals surface area contributed by atoms with Crippen LogP contribution in [-0.2, 0) is 9.53 Å². The molecule has 0 bridgehead atoms. The Kier molecular flexibility index (Phi) is 4.96. The quantitative estimate of drug-likeness (QED) is 0.465. The van der Waals surface area contributed by atoms with E-state index in [4.69, 9.17) is 4.74 Å². The zero-order chi connectivity index (χ0) is 13.5. The summed E-state index contributed by atoms with van der Waals surface area (Å²) in [5.74, 6) is 0.803. The van der Waals surface area contributed by atoms with Crippen LogP contribution >= 0.6 is 0 Å². The van der Waals surface area contributed by atoms with E-state index < -0.39 is 0 Å². The van der Waals surface area contributed by atoms with Gasteiger partial charge in [-0.25, -0.2) is 4.79 Å². The van der Waals surface area contributed by atoms with E-state index in [2.05, 4.69) is 19.1 Å². The minimum Gasteiger partial charge on any atom is -0.462 e. The maximum Gasteiger partial charge on any atom is 0.330 e. The van der Waals surface area contributed by atoms with Gasteiger partial charge in [-0.05, 0) is 36.3 Å². The van der Waals surface area contributed by atoms with Gasteiger partial charge in [-0.3, -0.25) is 0 Å². The smallest absolute Gasteiger partial charge is 0.330 e. The summed E-state index contributed by atoms with van der Waals surface area (Å²) in [6.07, 6.45) is 9.81. The van der Waals surface area contributed by atoms with Crippen molar-refractivity contribution >= 4 is 12.0 Å². The van der Waals surface area contributed by atoms with Gasteiger partial charge in [0.2, 0.25) is 0 Å². The average molecular weight is 256 g/mol. The Bertz CT molecular complexity index is 459. The molecule has 2 heteroatoms. The highest BCUT2D eigenvalue weighted by molar-refractivity contribution is 5.87. The Morgan fingerprint density at radius 2 is 2.16 bits per heavy atom. The van der Waals surface area contributed by atoms with Gasteiger partial charge in [0.1, 0.15) is 0 Å². The zero-order valence-electron chi connectivity index (χ0n) is 11.3. The fraction of sp³-hybridized carbons (Fsp3) is 0.353. The van der Waals surface area contributed by atoms with Crippen LogP contribution in [0.25, 0.3) is 6.08 Å². The fourth-order valence-electron chi connectivity index (χ4n) is 2.32. The van der Waals surface area contributed by atoms with Crippen molar-refractivity contribution in [2.24, 2.45) is 11.8 Å². The lowest BCUT2D eigenvalue weighted by Gasteiger charge is -2.21. The molecule has 1 aromatic carbocycles. The van der Waals surface area contributed by atoms with E-state index in [9.17, 15) is 4.79 Å². The summed E-state index contributed by atoms with van der Waals surface area (Å²) in [7, 11) is 0. The number of carbonyl (C=O) groups is 1. The molecule has 0 N–H and O–H groups in total. The van der Waals surface area contributed by atoms with Crippen molar-refractivity contribution < 1.29 is 9.53 Å². The molecular formula is C17H20O2. The van der Waals surface area contributed by atoms with Crippen molar-refractivity contribution in [3.05, 3.63) is 54.1 Å². The van der Waals surface area contributed by atoms with Crippen LogP contribution in [0.3, 0.4) is 0 Å². The Morgan fingerprint density at radius 1 is 1.37 bits per heavy atom. The summed E-state index contributed by atoms with van der Waals surface area (Å²) >= 11 is 0. The van der Waals surface area contributed by atoms with Gasteiger partial charge in [0.15, 0.2) is 0 Å². The maximum atomic E-state index is 11.6. The molecule has 0 saturated heterocycles. The lowest BCUT2D eigenvalue weighted by Crippen LogP contribution is -2.17. The molecule has 2 atom stereocenters. The van der Waals surface area contributed by atoms with Crippen LogP contribution in [0, 0.1) is 11.8 Å². The molecule has 1 aliphatic carbocycles. The molecule has 2 unspecified atom stereocenters. The number of rotatable bonds is 4. The molecule has 1 aliphatic rings. The Labute approximate surface area is 114 Å². The highest BCUT2D eigenvalue weighted by atomic mass is 16.5. The van der Waals surface area contributed by atoms with Gasteiger partial charge in [-0.1, -0.05) is 49.4 Å². The second kappa shape index (κ2) is 6.93. The molecule has 19 heavy (non-hydrogen) atoms. The molecule has 2 nitrogen and oxygen atoms in total. The lowest BCUT2D eigenvalue weighted by molar-refractivity contribution is -0.139. The summed E-state index contributed by atoms with van der Waals surface area (Å²) in [6.45, 7) is 2.71. The summed E-state index contributed by atoms with van der Waals surface area (Å²) in [4.78, 5) is 11.6. The summed E-state index contributed by atoms with van der Waals surface area (Å²) < 4.78 is 5.29. The third-order valence-electron chi connectivity index (χ3n) is 3.31. The largest absolute Gasteiger partial charge is 0.462 e. The molecule has 0 radical (unpaired) electrons. The van der Waals surface area contributed by atoms with Crippen LogP contribution in [0.4, 0.5) is 0 Å². The third kappa shape index (κ3) is 4.74. The highest BCUT2D eigenvalue weighted by Gasteiger charge is 2.15. The van der Waals surface area contributed by atoms with Crippen molar-refractivity contribution in [2.75, 3.05) is 6.61 Å². The van der Waals surface area contributed by atoms with E-state index in [-0.39, 0.29) is 5.97 Å². The van der Waals surface area contributed by atoms with Crippen LogP contribution in [0.2, 0.25) is 0 Å². The topological polar surface area (TPSA) is 26.3 Å². The van der Waals surface area contributed by atoms with Gasteiger partial charge < -0.3 is 4.74 Å². The lowest BCUT2D eigenvalue weighted by atomic mass is 9.88. The van der Waals surface area contributed by atoms with E-state index in [1.54, 1.807) is 6.08 Å². The predicted molar refractivity (Wildman–Crippen MR) is 77.5 cm³/mol. The Morgan fingerprint density at radius 3 is 2.89 bits per heavy atom. The second-order valence-corrected chi connectivity index (χ2v) is 5.12. The van der Waals surface area contributed by atoms with Crippen molar-refractivity contribution in [2.45, 2.75) is 19.8 Å². The Balaban J connectivity index is 1.76. The first-order valence-corrected chi connectivity index (χ1v) is 6.80. The van der Waals surface area contributed by atoms with Gasteiger partial charge in [-0.15, -0.1) is 0 Å². The van der Waals surface area contributed by atoms with Crippen LogP contribution in [0.1, 0.15) is 25.3 Å². The molecule has 0 amide bonds. The number of esters is 1. The van der Waals surface area contributed by atoms with Crippen molar-refractivity contribution in [3.63, 3.8) is 0 Å². The molecule has 1 aromatic rings. The summed E-state index contributed by atoms with van der Waals surface area (Å²) in [6, 6.07) is 9.75. The number of benzene rings is 1. The van der Waals surface area contributed by atoms with Crippen molar-refractivity contribution in [3.8, 4) is 0 Å². The van der Waals surface area contributed by atoms with Gasteiger partial charge in [0.25, 0.3) is 0 Å². The first kappa shape index (κ1) is 13.6. The average Bonchev–Trinajstić information content (AvgIpc) is 2.44. The molecule has 0 saturated carbocycles. The number of hydrogen-bond donors (Lipinski definition) is 0. The SMILES string of the molecule is CC1C=CCC(COC(=O)/C=C/c2ccccc2)C1. The monoisotopic (exact) mass is 256 g/mol. The van der Waals surface area contributed by atoms with Crippen LogP contribution < -0.4 is 0 Å². The zero-order valence-corrected chi connectivity index (χ0v) is 11.3. The molecule has 0 fully saturated rings. The van der Waals surface area contributed by atoms with Gasteiger partial charge in [0.05, 0.1) is 6.61 Å². The minimum absolute atomic E-state index is 0.258. The third-order valence-corrected chi connectivity index (χ3v) is 3.31.